The monoisotopic (exact) mass is 358 g/mol. The molecule has 0 saturated carbocycles. The van der Waals surface area contributed by atoms with Crippen LogP contribution in [0, 0.1) is 0 Å². The number of nitrogens with zero attached hydrogens (tertiary/aromatic N) is 1. The van der Waals surface area contributed by atoms with E-state index in [4.69, 9.17) is 13.6 Å². The second-order valence-electron chi connectivity index (χ2n) is 5.25. The number of furan rings is 1. The number of carbonyl (C=O) groups is 3. The molecule has 2 amide bonds. The Labute approximate surface area is 146 Å². The molecular formula is C17H14N2O7. The molecule has 2 heterocycles. The fraction of sp³-hybridized carbons (Fsp3) is 0.176. The average molecular weight is 358 g/mol. The van der Waals surface area contributed by atoms with Crippen molar-refractivity contribution in [1.29, 1.82) is 0 Å². The maximum atomic E-state index is 11.8. The number of fused-ring (bicyclic) bond motifs is 1. The minimum atomic E-state index is -0.786. The van der Waals surface area contributed by atoms with Gasteiger partial charge in [-0.25, -0.2) is 4.79 Å². The average Bonchev–Trinajstić information content (AvgIpc) is 3.25. The molecule has 0 atom stereocenters. The van der Waals surface area contributed by atoms with E-state index in [1.54, 1.807) is 24.3 Å². The summed E-state index contributed by atoms with van der Waals surface area (Å²) in [6.07, 6.45) is 1.16. The molecule has 3 rings (SSSR count). The first kappa shape index (κ1) is 17.2. The zero-order valence-corrected chi connectivity index (χ0v) is 13.5. The summed E-state index contributed by atoms with van der Waals surface area (Å²) in [6.45, 7) is -0.575. The lowest BCUT2D eigenvalue weighted by molar-refractivity contribution is -0.148. The Bertz CT molecular complexity index is 998. The fourth-order valence-electron chi connectivity index (χ4n) is 2.28. The van der Waals surface area contributed by atoms with Crippen LogP contribution in [-0.2, 0) is 20.9 Å². The van der Waals surface area contributed by atoms with Crippen LogP contribution in [0.3, 0.4) is 0 Å². The van der Waals surface area contributed by atoms with Crippen molar-refractivity contribution in [3.8, 4) is 0 Å². The van der Waals surface area contributed by atoms with Gasteiger partial charge in [0.1, 0.15) is 0 Å². The second kappa shape index (κ2) is 7.51. The third-order valence-corrected chi connectivity index (χ3v) is 3.48. The minimum absolute atomic E-state index is 0.0316. The van der Waals surface area contributed by atoms with Crippen LogP contribution in [0.15, 0.2) is 56.3 Å². The lowest BCUT2D eigenvalue weighted by Crippen LogP contribution is -2.34. The summed E-state index contributed by atoms with van der Waals surface area (Å²) in [5, 5.41) is 2.02. The highest BCUT2D eigenvalue weighted by molar-refractivity contribution is 6.03. The number of rotatable bonds is 6. The Kier molecular flexibility index (Phi) is 4.97. The van der Waals surface area contributed by atoms with Gasteiger partial charge in [0, 0.05) is 6.54 Å². The number of carbonyl (C=O) groups excluding carboxylic acids is 3. The van der Waals surface area contributed by atoms with Crippen molar-refractivity contribution in [2.45, 2.75) is 13.0 Å². The molecule has 9 nitrogen and oxygen atoms in total. The van der Waals surface area contributed by atoms with Crippen LogP contribution in [0.2, 0.25) is 0 Å². The molecule has 0 aliphatic carbocycles. The van der Waals surface area contributed by atoms with E-state index in [0.29, 0.717) is 11.1 Å². The van der Waals surface area contributed by atoms with Crippen LogP contribution in [-0.4, -0.2) is 29.0 Å². The molecule has 0 saturated heterocycles. The molecule has 0 unspecified atom stereocenters. The van der Waals surface area contributed by atoms with Crippen molar-refractivity contribution >= 4 is 28.9 Å². The minimum Gasteiger partial charge on any atom is -0.459 e. The Hall–Kier alpha value is -3.62. The standard InChI is InChI=1S/C17H14N2O7/c20-14(18-16(22)13-6-3-9-24-13)10-25-15(21)7-8-19-11-4-1-2-5-12(11)26-17(19)23/h1-6,9H,7-8,10H2,(H,18,20,22). The molecule has 0 spiro atoms. The molecule has 134 valence electrons. The van der Waals surface area contributed by atoms with Gasteiger partial charge < -0.3 is 13.6 Å². The zero-order chi connectivity index (χ0) is 18.5. The first-order valence-electron chi connectivity index (χ1n) is 7.66. The fourth-order valence-corrected chi connectivity index (χ4v) is 2.28. The predicted molar refractivity (Wildman–Crippen MR) is 87.2 cm³/mol. The van der Waals surface area contributed by atoms with E-state index in [9.17, 15) is 19.2 Å². The molecule has 0 radical (unpaired) electrons. The van der Waals surface area contributed by atoms with Gasteiger partial charge in [-0.3, -0.25) is 24.3 Å². The van der Waals surface area contributed by atoms with Gasteiger partial charge in [-0.1, -0.05) is 12.1 Å². The van der Waals surface area contributed by atoms with E-state index in [-0.39, 0.29) is 18.7 Å². The molecular weight excluding hydrogens is 344 g/mol. The van der Waals surface area contributed by atoms with E-state index < -0.39 is 30.1 Å². The maximum Gasteiger partial charge on any atom is 0.419 e. The third-order valence-electron chi connectivity index (χ3n) is 3.48. The van der Waals surface area contributed by atoms with Gasteiger partial charge in [-0.2, -0.15) is 0 Å². The van der Waals surface area contributed by atoms with Crippen LogP contribution in [0.5, 0.6) is 0 Å². The highest BCUT2D eigenvalue weighted by Gasteiger charge is 2.15. The van der Waals surface area contributed by atoms with Crippen LogP contribution >= 0.6 is 0 Å². The normalized spacial score (nSPS) is 10.6. The summed E-state index contributed by atoms with van der Waals surface area (Å²) < 4.78 is 16.0. The Morgan fingerprint density at radius 1 is 1.12 bits per heavy atom. The topological polar surface area (TPSA) is 121 Å². The largest absolute Gasteiger partial charge is 0.459 e. The molecule has 0 aliphatic heterocycles. The molecule has 9 heteroatoms. The lowest BCUT2D eigenvalue weighted by atomic mass is 10.3. The van der Waals surface area contributed by atoms with Crippen LogP contribution in [0.25, 0.3) is 11.1 Å². The number of hydrogen-bond acceptors (Lipinski definition) is 7. The van der Waals surface area contributed by atoms with Gasteiger partial charge >= 0.3 is 11.7 Å². The first-order chi connectivity index (χ1) is 12.5. The number of nitrogens with one attached hydrogen (secondary N) is 1. The van der Waals surface area contributed by atoms with Gasteiger partial charge in [0.25, 0.3) is 11.8 Å². The molecule has 3 aromatic rings. The van der Waals surface area contributed by atoms with Crippen LogP contribution < -0.4 is 11.1 Å². The highest BCUT2D eigenvalue weighted by Crippen LogP contribution is 2.12. The van der Waals surface area contributed by atoms with Gasteiger partial charge in [0.2, 0.25) is 0 Å². The SMILES string of the molecule is O=C(COC(=O)CCn1c(=O)oc2ccccc21)NC(=O)c1ccco1. The molecule has 0 bridgehead atoms. The summed E-state index contributed by atoms with van der Waals surface area (Å²) in [4.78, 5) is 46.7. The van der Waals surface area contributed by atoms with Crippen molar-refractivity contribution < 1.29 is 28.0 Å². The predicted octanol–water partition coefficient (Wildman–Crippen LogP) is 1.08. The summed E-state index contributed by atoms with van der Waals surface area (Å²) in [7, 11) is 0. The Morgan fingerprint density at radius 3 is 2.69 bits per heavy atom. The van der Waals surface area contributed by atoms with Gasteiger partial charge in [0.05, 0.1) is 18.2 Å². The first-order valence-corrected chi connectivity index (χ1v) is 7.66. The number of benzene rings is 1. The summed E-state index contributed by atoms with van der Waals surface area (Å²) in [6, 6.07) is 9.70. The third kappa shape index (κ3) is 3.89. The molecule has 1 N–H and O–H groups in total. The lowest BCUT2D eigenvalue weighted by Gasteiger charge is -2.05. The molecule has 0 aliphatic rings. The van der Waals surface area contributed by atoms with Crippen molar-refractivity contribution in [3.63, 3.8) is 0 Å². The quantitative estimate of drug-likeness (QED) is 0.654. The number of ether oxygens (including phenoxy) is 1. The number of aromatic nitrogens is 1. The van der Waals surface area contributed by atoms with Crippen LogP contribution in [0.1, 0.15) is 17.0 Å². The summed E-state index contributed by atoms with van der Waals surface area (Å²) in [5.41, 5.74) is 0.980. The van der Waals surface area contributed by atoms with Crippen molar-refractivity contribution in [2.75, 3.05) is 6.61 Å². The van der Waals surface area contributed by atoms with E-state index >= 15 is 0 Å². The number of imide groups is 1. The van der Waals surface area contributed by atoms with E-state index in [2.05, 4.69) is 0 Å². The van der Waals surface area contributed by atoms with Gasteiger partial charge in [-0.05, 0) is 24.3 Å². The summed E-state index contributed by atoms with van der Waals surface area (Å²) >= 11 is 0. The highest BCUT2D eigenvalue weighted by atomic mass is 16.5. The molecule has 1 aromatic carbocycles. The van der Waals surface area contributed by atoms with Crippen molar-refractivity contribution in [2.24, 2.45) is 0 Å². The molecule has 26 heavy (non-hydrogen) atoms. The van der Waals surface area contributed by atoms with E-state index in [1.807, 2.05) is 5.32 Å². The maximum absolute atomic E-state index is 11.8. The smallest absolute Gasteiger partial charge is 0.419 e. The van der Waals surface area contributed by atoms with E-state index in [0.717, 1.165) is 0 Å². The van der Waals surface area contributed by atoms with Crippen molar-refractivity contribution in [3.05, 3.63) is 59.0 Å². The number of hydrogen-bond donors (Lipinski definition) is 1. The van der Waals surface area contributed by atoms with E-state index in [1.165, 1.54) is 23.0 Å². The van der Waals surface area contributed by atoms with Gasteiger partial charge in [0.15, 0.2) is 18.0 Å². The Morgan fingerprint density at radius 2 is 1.92 bits per heavy atom. The number of aryl methyl sites for hydroxylation is 1. The van der Waals surface area contributed by atoms with Crippen LogP contribution in [0.4, 0.5) is 0 Å². The number of amides is 2. The van der Waals surface area contributed by atoms with Gasteiger partial charge in [-0.15, -0.1) is 0 Å². The molecule has 2 aromatic heterocycles. The summed E-state index contributed by atoms with van der Waals surface area (Å²) in [5.74, 6) is -2.82. The number of oxazole rings is 1. The number of esters is 1. The second-order valence-corrected chi connectivity index (χ2v) is 5.25. The molecule has 0 fully saturated rings. The number of para-hydroxylation sites is 2. The zero-order valence-electron chi connectivity index (χ0n) is 13.5. The Balaban J connectivity index is 1.48. The van der Waals surface area contributed by atoms with Crippen molar-refractivity contribution in [1.82, 2.24) is 9.88 Å².